The number of hydrogen-bond donors (Lipinski definition) is 0. The Labute approximate surface area is 172 Å². The number of hydrogen-bond acceptors (Lipinski definition) is 6. The van der Waals surface area contributed by atoms with E-state index in [1.54, 1.807) is 13.8 Å². The summed E-state index contributed by atoms with van der Waals surface area (Å²) in [6.07, 6.45) is 1.54. The van der Waals surface area contributed by atoms with Gasteiger partial charge in [-0.15, -0.1) is 0 Å². The summed E-state index contributed by atoms with van der Waals surface area (Å²) in [6, 6.07) is 7.40. The molecule has 29 heavy (non-hydrogen) atoms. The highest BCUT2D eigenvalue weighted by Crippen LogP contribution is 2.42. The second kappa shape index (κ2) is 10.7. The lowest BCUT2D eigenvalue weighted by Crippen LogP contribution is -2.20. The maximum absolute atomic E-state index is 12.9. The Morgan fingerprint density at radius 2 is 1.38 bits per heavy atom. The van der Waals surface area contributed by atoms with Crippen LogP contribution in [0.1, 0.15) is 68.2 Å². The molecule has 0 N–H and O–H groups in total. The van der Waals surface area contributed by atoms with E-state index in [1.807, 2.05) is 38.1 Å². The van der Waals surface area contributed by atoms with Crippen molar-refractivity contribution in [2.75, 3.05) is 19.8 Å². The molecule has 6 heteroatoms. The van der Waals surface area contributed by atoms with Crippen molar-refractivity contribution in [2.45, 2.75) is 53.6 Å². The molecule has 0 atom stereocenters. The van der Waals surface area contributed by atoms with Crippen LogP contribution in [0.15, 0.2) is 24.3 Å². The number of esters is 2. The fourth-order valence-corrected chi connectivity index (χ4v) is 3.00. The van der Waals surface area contributed by atoms with Crippen LogP contribution in [-0.4, -0.2) is 37.9 Å². The zero-order valence-electron chi connectivity index (χ0n) is 17.9. The van der Waals surface area contributed by atoms with Gasteiger partial charge in [0.2, 0.25) is 0 Å². The standard InChI is InChI=1S/C23H30O6/c1-6-9-14-28-20-16-12-10-11-13-17(16)21(29-15(4)5)19(23(25)27-8-3)18(20)22(24)26-7-2/h10-13,15H,6-9,14H2,1-5H3. The SMILES string of the molecule is CCCCOc1c(C(=O)OCC)c(C(=O)OCC)c(OC(C)C)c2ccccc12. The van der Waals surface area contributed by atoms with Gasteiger partial charge in [-0.05, 0) is 34.1 Å². The van der Waals surface area contributed by atoms with Gasteiger partial charge < -0.3 is 18.9 Å². The van der Waals surface area contributed by atoms with Crippen LogP contribution in [0.2, 0.25) is 0 Å². The third kappa shape index (κ3) is 5.19. The number of fused-ring (bicyclic) bond motifs is 1. The molecule has 0 radical (unpaired) electrons. The predicted octanol–water partition coefficient (Wildman–Crippen LogP) is 5.16. The summed E-state index contributed by atoms with van der Waals surface area (Å²) in [5.74, 6) is -0.648. The zero-order valence-corrected chi connectivity index (χ0v) is 17.9. The molecule has 0 aromatic heterocycles. The van der Waals surface area contributed by atoms with Gasteiger partial charge in [0.15, 0.2) is 0 Å². The van der Waals surface area contributed by atoms with E-state index in [9.17, 15) is 9.59 Å². The quantitative estimate of drug-likeness (QED) is 0.404. The fraction of sp³-hybridized carbons (Fsp3) is 0.478. The van der Waals surface area contributed by atoms with Crippen LogP contribution in [0, 0.1) is 0 Å². The van der Waals surface area contributed by atoms with Crippen LogP contribution >= 0.6 is 0 Å². The highest BCUT2D eigenvalue weighted by Gasteiger charge is 2.32. The molecule has 0 spiro atoms. The van der Waals surface area contributed by atoms with Gasteiger partial charge in [0.05, 0.1) is 25.9 Å². The van der Waals surface area contributed by atoms with Gasteiger partial charge in [-0.25, -0.2) is 9.59 Å². The summed E-state index contributed by atoms with van der Waals surface area (Å²) in [4.78, 5) is 25.9. The molecule has 158 valence electrons. The van der Waals surface area contributed by atoms with Crippen LogP contribution in [-0.2, 0) is 9.47 Å². The molecule has 0 fully saturated rings. The van der Waals surface area contributed by atoms with Crippen molar-refractivity contribution in [3.05, 3.63) is 35.4 Å². The number of carbonyl (C=O) groups excluding carboxylic acids is 2. The Kier molecular flexibility index (Phi) is 8.31. The van der Waals surface area contributed by atoms with E-state index in [1.165, 1.54) is 0 Å². The van der Waals surface area contributed by atoms with Crippen molar-refractivity contribution in [2.24, 2.45) is 0 Å². The summed E-state index contributed by atoms with van der Waals surface area (Å²) in [6.45, 7) is 9.95. The van der Waals surface area contributed by atoms with E-state index >= 15 is 0 Å². The van der Waals surface area contributed by atoms with Crippen molar-refractivity contribution < 1.29 is 28.5 Å². The van der Waals surface area contributed by atoms with Crippen molar-refractivity contribution in [1.82, 2.24) is 0 Å². The fourth-order valence-electron chi connectivity index (χ4n) is 3.00. The van der Waals surface area contributed by atoms with E-state index in [4.69, 9.17) is 18.9 Å². The highest BCUT2D eigenvalue weighted by molar-refractivity contribution is 6.14. The molecule has 0 saturated carbocycles. The van der Waals surface area contributed by atoms with E-state index in [0.29, 0.717) is 28.9 Å². The summed E-state index contributed by atoms with van der Waals surface area (Å²) < 4.78 is 22.6. The second-order valence-electron chi connectivity index (χ2n) is 6.76. The largest absolute Gasteiger partial charge is 0.492 e. The maximum atomic E-state index is 12.9. The van der Waals surface area contributed by atoms with Gasteiger partial charge in [0.25, 0.3) is 0 Å². The van der Waals surface area contributed by atoms with E-state index in [0.717, 1.165) is 12.8 Å². The minimum Gasteiger partial charge on any atom is -0.492 e. The first-order valence-electron chi connectivity index (χ1n) is 10.2. The molecule has 0 aliphatic rings. The topological polar surface area (TPSA) is 71.1 Å². The summed E-state index contributed by atoms with van der Waals surface area (Å²) in [5.41, 5.74) is 0.0972. The Hall–Kier alpha value is -2.76. The first-order valence-corrected chi connectivity index (χ1v) is 10.2. The van der Waals surface area contributed by atoms with Crippen molar-refractivity contribution in [3.8, 4) is 11.5 Å². The average Bonchev–Trinajstić information content (AvgIpc) is 2.69. The van der Waals surface area contributed by atoms with Crippen LogP contribution in [0.5, 0.6) is 11.5 Å². The number of rotatable bonds is 10. The maximum Gasteiger partial charge on any atom is 0.342 e. The van der Waals surface area contributed by atoms with E-state index in [2.05, 4.69) is 6.92 Å². The van der Waals surface area contributed by atoms with E-state index < -0.39 is 11.9 Å². The number of unbranched alkanes of at least 4 members (excludes halogenated alkanes) is 1. The molecular weight excluding hydrogens is 372 g/mol. The van der Waals surface area contributed by atoms with Crippen molar-refractivity contribution in [3.63, 3.8) is 0 Å². The van der Waals surface area contributed by atoms with Gasteiger partial charge in [0, 0.05) is 10.8 Å². The Morgan fingerprint density at radius 1 is 0.862 bits per heavy atom. The minimum atomic E-state index is -0.641. The molecule has 0 aliphatic carbocycles. The van der Waals surface area contributed by atoms with Gasteiger partial charge >= 0.3 is 11.9 Å². The highest BCUT2D eigenvalue weighted by atomic mass is 16.5. The first-order chi connectivity index (χ1) is 14.0. The minimum absolute atomic E-state index is 0.0456. The molecular formula is C23H30O6. The molecule has 2 aromatic rings. The van der Waals surface area contributed by atoms with Crippen LogP contribution in [0.25, 0.3) is 10.8 Å². The van der Waals surface area contributed by atoms with E-state index in [-0.39, 0.29) is 30.4 Å². The lowest BCUT2D eigenvalue weighted by Gasteiger charge is -2.22. The molecule has 0 aliphatic heterocycles. The lowest BCUT2D eigenvalue weighted by atomic mass is 9.97. The molecule has 0 saturated heterocycles. The molecule has 0 heterocycles. The summed E-state index contributed by atoms with van der Waals surface area (Å²) in [7, 11) is 0. The second-order valence-corrected chi connectivity index (χ2v) is 6.76. The normalized spacial score (nSPS) is 10.8. The zero-order chi connectivity index (χ0) is 21.4. The molecule has 0 unspecified atom stereocenters. The molecule has 6 nitrogen and oxygen atoms in total. The molecule has 0 bridgehead atoms. The number of carbonyl (C=O) groups is 2. The van der Waals surface area contributed by atoms with Crippen molar-refractivity contribution >= 4 is 22.7 Å². The Bertz CT molecular complexity index is 856. The first kappa shape index (κ1) is 22.5. The number of ether oxygens (including phenoxy) is 4. The third-order valence-corrected chi connectivity index (χ3v) is 4.18. The molecule has 2 aromatic carbocycles. The van der Waals surface area contributed by atoms with Gasteiger partial charge in [-0.3, -0.25) is 0 Å². The van der Waals surface area contributed by atoms with Gasteiger partial charge in [-0.1, -0.05) is 37.6 Å². The predicted molar refractivity (Wildman–Crippen MR) is 112 cm³/mol. The monoisotopic (exact) mass is 402 g/mol. The van der Waals surface area contributed by atoms with Crippen LogP contribution in [0.4, 0.5) is 0 Å². The van der Waals surface area contributed by atoms with Crippen LogP contribution in [0.3, 0.4) is 0 Å². The Morgan fingerprint density at radius 3 is 1.86 bits per heavy atom. The molecule has 2 rings (SSSR count). The van der Waals surface area contributed by atoms with Gasteiger partial charge in [0.1, 0.15) is 22.6 Å². The smallest absolute Gasteiger partial charge is 0.342 e. The van der Waals surface area contributed by atoms with Crippen molar-refractivity contribution in [1.29, 1.82) is 0 Å². The third-order valence-electron chi connectivity index (χ3n) is 4.18. The number of benzene rings is 2. The molecule has 0 amide bonds. The lowest BCUT2D eigenvalue weighted by molar-refractivity contribution is 0.0470. The summed E-state index contributed by atoms with van der Waals surface area (Å²) >= 11 is 0. The summed E-state index contributed by atoms with van der Waals surface area (Å²) in [5, 5.41) is 1.37. The van der Waals surface area contributed by atoms with Crippen LogP contribution < -0.4 is 9.47 Å². The Balaban J connectivity index is 2.90. The van der Waals surface area contributed by atoms with Gasteiger partial charge in [-0.2, -0.15) is 0 Å². The average molecular weight is 402 g/mol.